The summed E-state index contributed by atoms with van der Waals surface area (Å²) < 4.78 is 35.5. The number of nitrogens with zero attached hydrogens (tertiary/aromatic N) is 1. The monoisotopic (exact) mass is 214 g/mol. The highest BCUT2D eigenvalue weighted by atomic mass is 19.4. The largest absolute Gasteiger partial charge is 0.415 e. The maximum atomic E-state index is 11.8. The van der Waals surface area contributed by atoms with E-state index >= 15 is 0 Å². The Hall–Kier alpha value is -0.330. The molecule has 0 saturated heterocycles. The maximum absolute atomic E-state index is 11.8. The van der Waals surface area contributed by atoms with E-state index in [1.54, 1.807) is 0 Å². The van der Waals surface area contributed by atoms with Crippen molar-refractivity contribution in [1.29, 1.82) is 0 Å². The third kappa shape index (κ3) is 5.41. The smallest absolute Gasteiger partial charge is 0.382 e. The maximum Gasteiger partial charge on any atom is 0.415 e. The molecule has 0 rings (SSSR count). The van der Waals surface area contributed by atoms with Crippen LogP contribution < -0.4 is 5.32 Å². The molecule has 0 bridgehead atoms. The van der Waals surface area contributed by atoms with Crippen molar-refractivity contribution < 1.29 is 18.3 Å². The lowest BCUT2D eigenvalue weighted by atomic mass is 10.3. The predicted octanol–water partition coefficient (Wildman–Crippen LogP) is 0.449. The number of aliphatic hydroxyl groups excluding tert-OH is 1. The van der Waals surface area contributed by atoms with Gasteiger partial charge in [-0.05, 0) is 21.0 Å². The number of aliphatic hydroxyl groups is 1. The van der Waals surface area contributed by atoms with Gasteiger partial charge in [-0.1, -0.05) is 0 Å². The van der Waals surface area contributed by atoms with Gasteiger partial charge in [-0.3, -0.25) is 0 Å². The lowest BCUT2D eigenvalue weighted by Gasteiger charge is -2.21. The first kappa shape index (κ1) is 13.7. The van der Waals surface area contributed by atoms with Crippen LogP contribution in [0.15, 0.2) is 0 Å². The first-order valence-electron chi connectivity index (χ1n) is 4.37. The van der Waals surface area contributed by atoms with Crippen molar-refractivity contribution in [3.05, 3.63) is 0 Å². The summed E-state index contributed by atoms with van der Waals surface area (Å²) in [4.78, 5) is 1.88. The van der Waals surface area contributed by atoms with Gasteiger partial charge >= 0.3 is 6.18 Å². The zero-order valence-corrected chi connectivity index (χ0v) is 8.60. The Kier molecular flexibility index (Phi) is 5.40. The molecule has 2 unspecified atom stereocenters. The molecule has 0 aliphatic heterocycles. The SMILES string of the molecule is CC(CNCC(O)C(F)(F)F)N(C)C. The summed E-state index contributed by atoms with van der Waals surface area (Å²) in [7, 11) is 3.68. The molecule has 0 radical (unpaired) electrons. The lowest BCUT2D eigenvalue weighted by molar-refractivity contribution is -0.201. The fourth-order valence-electron chi connectivity index (χ4n) is 0.727. The first-order chi connectivity index (χ1) is 6.25. The lowest BCUT2D eigenvalue weighted by Crippen LogP contribution is -2.43. The minimum Gasteiger partial charge on any atom is -0.382 e. The molecule has 14 heavy (non-hydrogen) atoms. The van der Waals surface area contributed by atoms with Gasteiger partial charge in [0.1, 0.15) is 0 Å². The Morgan fingerprint density at radius 2 is 1.79 bits per heavy atom. The highest BCUT2D eigenvalue weighted by Gasteiger charge is 2.37. The van der Waals surface area contributed by atoms with Gasteiger partial charge < -0.3 is 15.3 Å². The molecule has 0 spiro atoms. The van der Waals surface area contributed by atoms with Crippen LogP contribution in [0.3, 0.4) is 0 Å². The Labute approximate surface area is 81.9 Å². The van der Waals surface area contributed by atoms with Crippen LogP contribution in [0.5, 0.6) is 0 Å². The average Bonchev–Trinajstić information content (AvgIpc) is 2.01. The van der Waals surface area contributed by atoms with E-state index in [1.165, 1.54) is 0 Å². The fourth-order valence-corrected chi connectivity index (χ4v) is 0.727. The molecule has 3 nitrogen and oxygen atoms in total. The van der Waals surface area contributed by atoms with Gasteiger partial charge in [-0.15, -0.1) is 0 Å². The van der Waals surface area contributed by atoms with Crippen molar-refractivity contribution in [3.63, 3.8) is 0 Å². The molecule has 0 aromatic carbocycles. The van der Waals surface area contributed by atoms with E-state index in [0.717, 1.165) is 0 Å². The van der Waals surface area contributed by atoms with E-state index in [-0.39, 0.29) is 6.04 Å². The topological polar surface area (TPSA) is 35.5 Å². The molecular formula is C8H17F3N2O. The number of halogens is 3. The van der Waals surface area contributed by atoms with Gasteiger partial charge in [0.15, 0.2) is 6.10 Å². The molecular weight excluding hydrogens is 197 g/mol. The van der Waals surface area contributed by atoms with Crippen LogP contribution >= 0.6 is 0 Å². The summed E-state index contributed by atoms with van der Waals surface area (Å²) in [6.07, 6.45) is -6.81. The van der Waals surface area contributed by atoms with Crippen LogP contribution in [0.4, 0.5) is 13.2 Å². The summed E-state index contributed by atoms with van der Waals surface area (Å²) in [5, 5.41) is 11.2. The van der Waals surface area contributed by atoms with Gasteiger partial charge in [0.25, 0.3) is 0 Å². The normalized spacial score (nSPS) is 17.1. The second-order valence-electron chi connectivity index (χ2n) is 3.53. The van der Waals surface area contributed by atoms with Crippen molar-refractivity contribution in [2.75, 3.05) is 27.2 Å². The number of nitrogens with one attached hydrogen (secondary N) is 1. The van der Waals surface area contributed by atoms with E-state index in [1.807, 2.05) is 25.9 Å². The van der Waals surface area contributed by atoms with Crippen LogP contribution in [0, 0.1) is 0 Å². The van der Waals surface area contributed by atoms with Gasteiger partial charge in [-0.2, -0.15) is 13.2 Å². The van der Waals surface area contributed by atoms with E-state index < -0.39 is 18.8 Å². The molecule has 0 fully saturated rings. The number of likely N-dealkylation sites (N-methyl/N-ethyl adjacent to an activating group) is 1. The first-order valence-corrected chi connectivity index (χ1v) is 4.37. The van der Waals surface area contributed by atoms with Gasteiger partial charge in [0.05, 0.1) is 0 Å². The van der Waals surface area contributed by atoms with E-state index in [9.17, 15) is 13.2 Å². The summed E-state index contributed by atoms with van der Waals surface area (Å²) >= 11 is 0. The van der Waals surface area contributed by atoms with Gasteiger partial charge in [-0.25, -0.2) is 0 Å². The highest BCUT2D eigenvalue weighted by Crippen LogP contribution is 2.19. The predicted molar refractivity (Wildman–Crippen MR) is 48.1 cm³/mol. The standard InChI is InChI=1S/C8H17F3N2O/c1-6(13(2)3)4-12-5-7(14)8(9,10)11/h6-7,12,14H,4-5H2,1-3H3. The fraction of sp³-hybridized carbons (Fsp3) is 1.00. The van der Waals surface area contributed by atoms with Crippen LogP contribution in [-0.4, -0.2) is 55.5 Å². The van der Waals surface area contributed by atoms with E-state index in [2.05, 4.69) is 5.32 Å². The van der Waals surface area contributed by atoms with E-state index in [4.69, 9.17) is 5.11 Å². The number of alkyl halides is 3. The zero-order chi connectivity index (χ0) is 11.4. The highest BCUT2D eigenvalue weighted by molar-refractivity contribution is 4.70. The second-order valence-corrected chi connectivity index (χ2v) is 3.53. The summed E-state index contributed by atoms with van der Waals surface area (Å²) in [5.74, 6) is 0. The Morgan fingerprint density at radius 3 is 2.14 bits per heavy atom. The second kappa shape index (κ2) is 5.53. The summed E-state index contributed by atoms with van der Waals surface area (Å²) in [6.45, 7) is 1.84. The molecule has 2 atom stereocenters. The molecule has 0 aromatic rings. The van der Waals surface area contributed by atoms with Crippen LogP contribution in [0.2, 0.25) is 0 Å². The molecule has 0 aliphatic carbocycles. The Morgan fingerprint density at radius 1 is 1.29 bits per heavy atom. The molecule has 0 amide bonds. The van der Waals surface area contributed by atoms with Crippen LogP contribution in [-0.2, 0) is 0 Å². The number of rotatable bonds is 5. The number of hydrogen-bond acceptors (Lipinski definition) is 3. The quantitative estimate of drug-likeness (QED) is 0.697. The Bertz CT molecular complexity index is 161. The third-order valence-electron chi connectivity index (χ3n) is 2.04. The van der Waals surface area contributed by atoms with Crippen molar-refractivity contribution in [1.82, 2.24) is 10.2 Å². The van der Waals surface area contributed by atoms with Gasteiger partial charge in [0.2, 0.25) is 0 Å². The van der Waals surface area contributed by atoms with Crippen molar-refractivity contribution in [3.8, 4) is 0 Å². The average molecular weight is 214 g/mol. The summed E-state index contributed by atoms with van der Waals surface area (Å²) in [5.41, 5.74) is 0. The van der Waals surface area contributed by atoms with E-state index in [0.29, 0.717) is 6.54 Å². The zero-order valence-electron chi connectivity index (χ0n) is 8.60. The van der Waals surface area contributed by atoms with Crippen LogP contribution in [0.25, 0.3) is 0 Å². The molecule has 2 N–H and O–H groups in total. The molecule has 6 heteroatoms. The summed E-state index contributed by atoms with van der Waals surface area (Å²) in [6, 6.07) is 0.135. The Balaban J connectivity index is 3.65. The van der Waals surface area contributed by atoms with Crippen molar-refractivity contribution >= 4 is 0 Å². The molecule has 0 heterocycles. The molecule has 86 valence electrons. The minimum absolute atomic E-state index is 0.135. The molecule has 0 aromatic heterocycles. The van der Waals surface area contributed by atoms with Gasteiger partial charge in [0, 0.05) is 19.1 Å². The van der Waals surface area contributed by atoms with Crippen LogP contribution in [0.1, 0.15) is 6.92 Å². The third-order valence-corrected chi connectivity index (χ3v) is 2.04. The molecule has 0 saturated carbocycles. The number of hydrogen-bond donors (Lipinski definition) is 2. The van der Waals surface area contributed by atoms with Crippen molar-refractivity contribution in [2.24, 2.45) is 0 Å². The van der Waals surface area contributed by atoms with Crippen molar-refractivity contribution in [2.45, 2.75) is 25.2 Å². The minimum atomic E-state index is -4.53. The molecule has 0 aliphatic rings.